The summed E-state index contributed by atoms with van der Waals surface area (Å²) in [5.74, 6) is 0.980. The van der Waals surface area contributed by atoms with Gasteiger partial charge in [-0.1, -0.05) is 13.8 Å². The highest BCUT2D eigenvalue weighted by atomic mass is 79.9. The SMILES string of the molecule is CC(C)(C(=O)Nc1ncccc1Br)C1CCCNC1. The Balaban J connectivity index is 2.08. The minimum atomic E-state index is -0.398. The number of hydrogen-bond donors (Lipinski definition) is 2. The first-order valence-electron chi connectivity index (χ1n) is 6.64. The molecule has 1 aliphatic heterocycles. The van der Waals surface area contributed by atoms with Crippen LogP contribution in [0.2, 0.25) is 0 Å². The second-order valence-corrected chi connectivity index (χ2v) is 6.41. The third-order valence-corrected chi connectivity index (χ3v) is 4.53. The molecule has 0 bridgehead atoms. The number of halogens is 1. The van der Waals surface area contributed by atoms with Crippen molar-refractivity contribution in [3.63, 3.8) is 0 Å². The Kier molecular flexibility index (Phi) is 4.58. The first-order valence-corrected chi connectivity index (χ1v) is 7.44. The summed E-state index contributed by atoms with van der Waals surface area (Å²) in [6, 6.07) is 3.70. The molecule has 1 aromatic rings. The van der Waals surface area contributed by atoms with Gasteiger partial charge in [-0.15, -0.1) is 0 Å². The van der Waals surface area contributed by atoms with Crippen molar-refractivity contribution in [2.45, 2.75) is 26.7 Å². The number of carbonyl (C=O) groups excluding carboxylic acids is 1. The van der Waals surface area contributed by atoms with E-state index < -0.39 is 5.41 Å². The minimum Gasteiger partial charge on any atom is -0.316 e. The van der Waals surface area contributed by atoms with Crippen molar-refractivity contribution in [1.29, 1.82) is 0 Å². The quantitative estimate of drug-likeness (QED) is 0.898. The summed E-state index contributed by atoms with van der Waals surface area (Å²) >= 11 is 3.40. The van der Waals surface area contributed by atoms with Gasteiger partial charge >= 0.3 is 0 Å². The number of hydrogen-bond acceptors (Lipinski definition) is 3. The number of pyridine rings is 1. The van der Waals surface area contributed by atoms with Crippen LogP contribution in [0.15, 0.2) is 22.8 Å². The largest absolute Gasteiger partial charge is 0.316 e. The van der Waals surface area contributed by atoms with Crippen molar-refractivity contribution in [1.82, 2.24) is 10.3 Å². The summed E-state index contributed by atoms with van der Waals surface area (Å²) in [6.45, 7) is 5.98. The summed E-state index contributed by atoms with van der Waals surface area (Å²) < 4.78 is 0.806. The zero-order valence-electron chi connectivity index (χ0n) is 11.4. The molecule has 1 amide bonds. The Hall–Kier alpha value is -0.940. The van der Waals surface area contributed by atoms with E-state index in [0.29, 0.717) is 11.7 Å². The van der Waals surface area contributed by atoms with Gasteiger partial charge in [0.05, 0.1) is 4.47 Å². The van der Waals surface area contributed by atoms with Crippen molar-refractivity contribution in [2.24, 2.45) is 11.3 Å². The van der Waals surface area contributed by atoms with Crippen molar-refractivity contribution in [3.05, 3.63) is 22.8 Å². The van der Waals surface area contributed by atoms with E-state index in [1.54, 1.807) is 6.20 Å². The van der Waals surface area contributed by atoms with Crippen LogP contribution in [0.5, 0.6) is 0 Å². The molecule has 1 unspecified atom stereocenters. The van der Waals surface area contributed by atoms with E-state index in [1.165, 1.54) is 0 Å². The van der Waals surface area contributed by atoms with E-state index in [9.17, 15) is 4.79 Å². The summed E-state index contributed by atoms with van der Waals surface area (Å²) in [4.78, 5) is 16.7. The molecule has 1 aliphatic rings. The van der Waals surface area contributed by atoms with E-state index in [-0.39, 0.29) is 5.91 Å². The van der Waals surface area contributed by atoms with Crippen LogP contribution in [0.3, 0.4) is 0 Å². The molecule has 0 spiro atoms. The maximum absolute atomic E-state index is 12.5. The molecule has 0 saturated carbocycles. The lowest BCUT2D eigenvalue weighted by atomic mass is 9.74. The van der Waals surface area contributed by atoms with Gasteiger partial charge < -0.3 is 10.6 Å². The molecule has 5 heteroatoms. The van der Waals surface area contributed by atoms with Gasteiger partial charge in [0, 0.05) is 11.6 Å². The van der Waals surface area contributed by atoms with Crippen LogP contribution in [-0.2, 0) is 4.79 Å². The summed E-state index contributed by atoms with van der Waals surface area (Å²) in [6.07, 6.45) is 3.90. The lowest BCUT2D eigenvalue weighted by Gasteiger charge is -2.35. The Morgan fingerprint density at radius 1 is 1.58 bits per heavy atom. The second-order valence-electron chi connectivity index (χ2n) is 5.55. The molecule has 1 atom stereocenters. The average Bonchev–Trinajstić information content (AvgIpc) is 2.42. The van der Waals surface area contributed by atoms with Gasteiger partial charge in [0.25, 0.3) is 0 Å². The topological polar surface area (TPSA) is 54.0 Å². The zero-order valence-corrected chi connectivity index (χ0v) is 13.0. The monoisotopic (exact) mass is 325 g/mol. The van der Waals surface area contributed by atoms with Crippen LogP contribution < -0.4 is 10.6 Å². The smallest absolute Gasteiger partial charge is 0.231 e. The van der Waals surface area contributed by atoms with E-state index in [0.717, 1.165) is 30.4 Å². The number of nitrogens with one attached hydrogen (secondary N) is 2. The van der Waals surface area contributed by atoms with Crippen LogP contribution in [0, 0.1) is 11.3 Å². The molecule has 1 fully saturated rings. The third-order valence-electron chi connectivity index (χ3n) is 3.89. The fourth-order valence-electron chi connectivity index (χ4n) is 2.40. The van der Waals surface area contributed by atoms with Crippen LogP contribution in [-0.4, -0.2) is 24.0 Å². The highest BCUT2D eigenvalue weighted by Crippen LogP contribution is 2.33. The Bertz CT molecular complexity index is 456. The van der Waals surface area contributed by atoms with Crippen molar-refractivity contribution in [3.8, 4) is 0 Å². The van der Waals surface area contributed by atoms with Gasteiger partial charge in [-0.25, -0.2) is 4.98 Å². The molecule has 104 valence electrons. The minimum absolute atomic E-state index is 0.0283. The molecule has 1 saturated heterocycles. The molecule has 19 heavy (non-hydrogen) atoms. The first-order chi connectivity index (χ1) is 9.01. The number of amides is 1. The van der Waals surface area contributed by atoms with E-state index in [1.807, 2.05) is 26.0 Å². The van der Waals surface area contributed by atoms with Gasteiger partial charge in [0.1, 0.15) is 5.82 Å². The van der Waals surface area contributed by atoms with Crippen molar-refractivity contribution < 1.29 is 4.79 Å². The zero-order chi connectivity index (χ0) is 13.9. The van der Waals surface area contributed by atoms with Crippen LogP contribution in [0.25, 0.3) is 0 Å². The molecule has 2 N–H and O–H groups in total. The highest BCUT2D eigenvalue weighted by Gasteiger charge is 2.37. The standard InChI is InChI=1S/C14H20BrN3O/c1-14(2,10-5-3-7-16-9-10)13(19)18-12-11(15)6-4-8-17-12/h4,6,8,10,16H,3,5,7,9H2,1-2H3,(H,17,18,19). The lowest BCUT2D eigenvalue weighted by molar-refractivity contribution is -0.127. The maximum atomic E-state index is 12.5. The number of rotatable bonds is 3. The Labute approximate surface area is 122 Å². The lowest BCUT2D eigenvalue weighted by Crippen LogP contribution is -2.45. The number of piperidine rings is 1. The predicted octanol–water partition coefficient (Wildman–Crippen LogP) is 2.81. The van der Waals surface area contributed by atoms with Gasteiger partial charge in [0.2, 0.25) is 5.91 Å². The van der Waals surface area contributed by atoms with Crippen LogP contribution >= 0.6 is 15.9 Å². The van der Waals surface area contributed by atoms with Gasteiger partial charge in [-0.2, -0.15) is 0 Å². The summed E-state index contributed by atoms with van der Waals surface area (Å²) in [7, 11) is 0. The van der Waals surface area contributed by atoms with E-state index in [4.69, 9.17) is 0 Å². The summed E-state index contributed by atoms with van der Waals surface area (Å²) in [5.41, 5.74) is -0.398. The van der Waals surface area contributed by atoms with Crippen molar-refractivity contribution >= 4 is 27.7 Å². The number of carbonyl (C=O) groups is 1. The Morgan fingerprint density at radius 2 is 2.37 bits per heavy atom. The van der Waals surface area contributed by atoms with Crippen LogP contribution in [0.1, 0.15) is 26.7 Å². The normalized spacial score (nSPS) is 20.1. The van der Waals surface area contributed by atoms with Gasteiger partial charge in [-0.3, -0.25) is 4.79 Å². The number of aromatic nitrogens is 1. The maximum Gasteiger partial charge on any atom is 0.231 e. The predicted molar refractivity (Wildman–Crippen MR) is 79.9 cm³/mol. The molecule has 2 rings (SSSR count). The third kappa shape index (κ3) is 3.34. The van der Waals surface area contributed by atoms with Crippen LogP contribution in [0.4, 0.5) is 5.82 Å². The van der Waals surface area contributed by atoms with Gasteiger partial charge in [0.15, 0.2) is 0 Å². The second kappa shape index (κ2) is 6.01. The fourth-order valence-corrected chi connectivity index (χ4v) is 2.75. The molecule has 0 aliphatic carbocycles. The molecular formula is C14H20BrN3O. The number of anilines is 1. The van der Waals surface area contributed by atoms with Gasteiger partial charge in [-0.05, 0) is 59.9 Å². The van der Waals surface area contributed by atoms with E-state index in [2.05, 4.69) is 31.5 Å². The molecule has 0 aromatic carbocycles. The number of nitrogens with zero attached hydrogens (tertiary/aromatic N) is 1. The molecular weight excluding hydrogens is 306 g/mol. The average molecular weight is 326 g/mol. The Morgan fingerprint density at radius 3 is 3.00 bits per heavy atom. The first kappa shape index (κ1) is 14.5. The fraction of sp³-hybridized carbons (Fsp3) is 0.571. The summed E-state index contributed by atoms with van der Waals surface area (Å²) in [5, 5.41) is 6.29. The van der Waals surface area contributed by atoms with E-state index >= 15 is 0 Å². The highest BCUT2D eigenvalue weighted by molar-refractivity contribution is 9.10. The molecule has 4 nitrogen and oxygen atoms in total. The van der Waals surface area contributed by atoms with Crippen molar-refractivity contribution in [2.75, 3.05) is 18.4 Å². The molecule has 0 radical (unpaired) electrons. The molecule has 1 aromatic heterocycles. The molecule has 2 heterocycles.